The molecule has 2 heterocycles. The molecule has 1 N–H and O–H groups in total. The van der Waals surface area contributed by atoms with Gasteiger partial charge in [0.05, 0.1) is 20.1 Å². The van der Waals surface area contributed by atoms with Crippen LogP contribution < -0.4 is 9.46 Å². The molecule has 0 saturated carbocycles. The number of nitrogens with zero attached hydrogens (tertiary/aromatic N) is 2. The van der Waals surface area contributed by atoms with E-state index in [-0.39, 0.29) is 27.8 Å². The lowest BCUT2D eigenvalue weighted by atomic mass is 10.00. The Hall–Kier alpha value is -1.26. The summed E-state index contributed by atoms with van der Waals surface area (Å²) in [6.45, 7) is 2.43. The van der Waals surface area contributed by atoms with E-state index in [1.165, 1.54) is 22.5 Å². The number of carbonyl (C=O) groups excluding carboxylic acids is 1. The third-order valence-corrected chi connectivity index (χ3v) is 9.32. The average molecular weight is 581 g/mol. The van der Waals surface area contributed by atoms with E-state index in [4.69, 9.17) is 51.1 Å². The molecule has 190 valence electrons. The number of carbonyl (C=O) groups is 1. The lowest BCUT2D eigenvalue weighted by Crippen LogP contribution is -2.52. The molecule has 2 aliphatic rings. The summed E-state index contributed by atoms with van der Waals surface area (Å²) < 4.78 is 35.0. The monoisotopic (exact) mass is 579 g/mol. The van der Waals surface area contributed by atoms with Gasteiger partial charge < -0.3 is 9.64 Å². The van der Waals surface area contributed by atoms with Crippen molar-refractivity contribution in [3.63, 3.8) is 0 Å². The molecule has 4 rings (SSSR count). The van der Waals surface area contributed by atoms with Gasteiger partial charge in [-0.25, -0.2) is 4.72 Å². The quantitative estimate of drug-likeness (QED) is 0.503. The number of amides is 1. The molecule has 0 aromatic heterocycles. The Morgan fingerprint density at radius 3 is 2.03 bits per heavy atom. The molecule has 0 spiro atoms. The number of hydrogen-bond donors (Lipinski definition) is 1. The zero-order chi connectivity index (χ0) is 25.2. The highest BCUT2D eigenvalue weighted by atomic mass is 35.5. The summed E-state index contributed by atoms with van der Waals surface area (Å²) in [5, 5.41) is 1.44. The number of hydrogen-bond acceptors (Lipinski definition) is 5. The van der Waals surface area contributed by atoms with E-state index in [1.807, 2.05) is 6.07 Å². The minimum absolute atomic E-state index is 0.0977. The minimum atomic E-state index is -3.96. The smallest absolute Gasteiger partial charge is 0.304 e. The van der Waals surface area contributed by atoms with Crippen molar-refractivity contribution in [2.24, 2.45) is 0 Å². The van der Waals surface area contributed by atoms with Crippen LogP contribution in [0.15, 0.2) is 36.4 Å². The molecule has 0 unspecified atom stereocenters. The molecule has 35 heavy (non-hydrogen) atoms. The predicted molar refractivity (Wildman–Crippen MR) is 139 cm³/mol. The number of ether oxygens (including phenoxy) is 1. The van der Waals surface area contributed by atoms with Crippen molar-refractivity contribution in [1.82, 2.24) is 13.9 Å². The maximum absolute atomic E-state index is 12.8. The molecule has 12 heteroatoms. The van der Waals surface area contributed by atoms with Crippen LogP contribution in [0, 0.1) is 0 Å². The van der Waals surface area contributed by atoms with Gasteiger partial charge in [0.2, 0.25) is 0 Å². The van der Waals surface area contributed by atoms with Gasteiger partial charge in [-0.3, -0.25) is 4.79 Å². The normalized spacial score (nSPS) is 19.0. The molecule has 0 aliphatic carbocycles. The van der Waals surface area contributed by atoms with Crippen LogP contribution in [0.4, 0.5) is 0 Å². The summed E-state index contributed by atoms with van der Waals surface area (Å²) in [4.78, 5) is 14.8. The van der Waals surface area contributed by atoms with Gasteiger partial charge in [0.1, 0.15) is 11.9 Å². The number of piperidine rings is 2. The zero-order valence-electron chi connectivity index (χ0n) is 18.7. The summed E-state index contributed by atoms with van der Waals surface area (Å²) in [7, 11) is -3.96. The first-order valence-electron chi connectivity index (χ1n) is 11.3. The highest BCUT2D eigenvalue weighted by Gasteiger charge is 2.33. The molecule has 2 fully saturated rings. The van der Waals surface area contributed by atoms with Gasteiger partial charge in [0.25, 0.3) is 5.91 Å². The molecule has 0 radical (unpaired) electrons. The van der Waals surface area contributed by atoms with E-state index < -0.39 is 16.1 Å². The summed E-state index contributed by atoms with van der Waals surface area (Å²) in [6.07, 6.45) is 3.23. The molecular formula is C23H25Cl4N3O4S. The Balaban J connectivity index is 1.25. The van der Waals surface area contributed by atoms with E-state index in [2.05, 4.69) is 9.62 Å². The van der Waals surface area contributed by atoms with E-state index in [9.17, 15) is 13.2 Å². The van der Waals surface area contributed by atoms with Crippen molar-refractivity contribution in [1.29, 1.82) is 0 Å². The van der Waals surface area contributed by atoms with Crippen molar-refractivity contribution in [2.45, 2.75) is 37.8 Å². The standard InChI is InChI=1S/C23H25Cl4N3O4S/c24-19-3-1-15(13-21(19)26)23(31)28-35(32,33)30-11-5-16(6-12-30)29-9-7-17(8-10-29)34-18-2-4-20(25)22(27)14-18/h1-4,13-14,16-17H,5-12H2,(H,28,31). The van der Waals surface area contributed by atoms with Crippen molar-refractivity contribution in [3.8, 4) is 5.75 Å². The second-order valence-electron chi connectivity index (χ2n) is 8.62. The highest BCUT2D eigenvalue weighted by molar-refractivity contribution is 7.87. The van der Waals surface area contributed by atoms with Crippen molar-refractivity contribution >= 4 is 62.5 Å². The van der Waals surface area contributed by atoms with Gasteiger partial charge in [-0.1, -0.05) is 46.4 Å². The fourth-order valence-electron chi connectivity index (χ4n) is 4.43. The number of likely N-dealkylation sites (tertiary alicyclic amines) is 1. The third kappa shape index (κ3) is 6.74. The Kier molecular flexibility index (Phi) is 8.74. The number of halogens is 4. The van der Waals surface area contributed by atoms with Gasteiger partial charge >= 0.3 is 10.2 Å². The lowest BCUT2D eigenvalue weighted by Gasteiger charge is -2.41. The van der Waals surface area contributed by atoms with Crippen LogP contribution in [-0.4, -0.2) is 61.9 Å². The highest BCUT2D eigenvalue weighted by Crippen LogP contribution is 2.29. The van der Waals surface area contributed by atoms with Gasteiger partial charge in [0.15, 0.2) is 0 Å². The fraction of sp³-hybridized carbons (Fsp3) is 0.435. The van der Waals surface area contributed by atoms with Crippen LogP contribution in [0.5, 0.6) is 5.75 Å². The zero-order valence-corrected chi connectivity index (χ0v) is 22.6. The van der Waals surface area contributed by atoms with Crippen LogP contribution >= 0.6 is 46.4 Å². The molecule has 2 aromatic carbocycles. The first kappa shape index (κ1) is 26.8. The second-order valence-corrected chi connectivity index (χ2v) is 11.9. The van der Waals surface area contributed by atoms with E-state index in [1.54, 1.807) is 12.1 Å². The minimum Gasteiger partial charge on any atom is -0.490 e. The third-order valence-electron chi connectivity index (χ3n) is 6.35. The van der Waals surface area contributed by atoms with Gasteiger partial charge in [0, 0.05) is 43.9 Å². The van der Waals surface area contributed by atoms with E-state index >= 15 is 0 Å². The Morgan fingerprint density at radius 1 is 0.829 bits per heavy atom. The maximum atomic E-state index is 12.8. The predicted octanol–water partition coefficient (Wildman–Crippen LogP) is 5.28. The molecule has 7 nitrogen and oxygen atoms in total. The Bertz CT molecular complexity index is 1180. The number of benzene rings is 2. The Morgan fingerprint density at radius 2 is 1.43 bits per heavy atom. The van der Waals surface area contributed by atoms with Gasteiger partial charge in [-0.05, 0) is 56.0 Å². The largest absolute Gasteiger partial charge is 0.490 e. The van der Waals surface area contributed by atoms with Crippen molar-refractivity contribution in [2.75, 3.05) is 26.2 Å². The van der Waals surface area contributed by atoms with Gasteiger partial charge in [-0.15, -0.1) is 0 Å². The van der Waals surface area contributed by atoms with E-state index in [0.717, 1.165) is 25.9 Å². The Labute approximate surface area is 225 Å². The topological polar surface area (TPSA) is 79.0 Å². The summed E-state index contributed by atoms with van der Waals surface area (Å²) in [5.41, 5.74) is 0.129. The van der Waals surface area contributed by atoms with Gasteiger partial charge in [-0.2, -0.15) is 12.7 Å². The van der Waals surface area contributed by atoms with Crippen LogP contribution in [0.25, 0.3) is 0 Å². The molecule has 0 bridgehead atoms. The summed E-state index contributed by atoms with van der Waals surface area (Å²) in [6, 6.07) is 9.79. The molecule has 2 aliphatic heterocycles. The summed E-state index contributed by atoms with van der Waals surface area (Å²) in [5.74, 6) is -0.0333. The average Bonchev–Trinajstić information content (AvgIpc) is 2.83. The van der Waals surface area contributed by atoms with Crippen LogP contribution in [0.2, 0.25) is 20.1 Å². The number of nitrogens with one attached hydrogen (secondary N) is 1. The number of rotatable bonds is 6. The molecule has 1 amide bonds. The molecule has 0 atom stereocenters. The van der Waals surface area contributed by atoms with Crippen LogP contribution in [-0.2, 0) is 10.2 Å². The molecular weight excluding hydrogens is 556 g/mol. The molecule has 2 saturated heterocycles. The lowest BCUT2D eigenvalue weighted by molar-refractivity contribution is 0.0584. The van der Waals surface area contributed by atoms with Crippen molar-refractivity contribution < 1.29 is 17.9 Å². The summed E-state index contributed by atoms with van der Waals surface area (Å²) >= 11 is 23.8. The first-order chi connectivity index (χ1) is 16.6. The first-order valence-corrected chi connectivity index (χ1v) is 14.2. The van der Waals surface area contributed by atoms with Crippen LogP contribution in [0.1, 0.15) is 36.0 Å². The van der Waals surface area contributed by atoms with Crippen molar-refractivity contribution in [3.05, 3.63) is 62.1 Å². The maximum Gasteiger partial charge on any atom is 0.304 e. The fourth-order valence-corrected chi connectivity index (χ4v) is 6.19. The SMILES string of the molecule is O=C(NS(=O)(=O)N1CCC(N2CCC(Oc3ccc(Cl)c(Cl)c3)CC2)CC1)c1ccc(Cl)c(Cl)c1. The second kappa shape index (κ2) is 11.4. The van der Waals surface area contributed by atoms with Crippen LogP contribution in [0.3, 0.4) is 0 Å². The molecule has 2 aromatic rings. The van der Waals surface area contributed by atoms with E-state index in [0.29, 0.717) is 41.7 Å².